The van der Waals surface area contributed by atoms with Gasteiger partial charge in [0.15, 0.2) is 0 Å². The van der Waals surface area contributed by atoms with Crippen LogP contribution in [0.3, 0.4) is 0 Å². The second-order valence-corrected chi connectivity index (χ2v) is 3.04. The zero-order chi connectivity index (χ0) is 9.14. The van der Waals surface area contributed by atoms with Crippen LogP contribution < -0.4 is 5.32 Å². The van der Waals surface area contributed by atoms with E-state index in [0.29, 0.717) is 6.04 Å². The van der Waals surface area contributed by atoms with Crippen molar-refractivity contribution in [2.75, 3.05) is 7.05 Å². The third kappa shape index (κ3) is 1.80. The maximum absolute atomic E-state index is 4.06. The molecule has 1 aromatic heterocycles. The van der Waals surface area contributed by atoms with E-state index in [9.17, 15) is 0 Å². The topological polar surface area (TPSA) is 37.8 Å². The van der Waals surface area contributed by atoms with Crippen LogP contribution in [-0.2, 0) is 0 Å². The molecule has 0 fully saturated rings. The Kier molecular flexibility index (Phi) is 2.76. The Bertz CT molecular complexity index is 270. The molecule has 3 nitrogen and oxygen atoms in total. The van der Waals surface area contributed by atoms with Crippen molar-refractivity contribution in [3.8, 4) is 0 Å². The van der Waals surface area contributed by atoms with Gasteiger partial charge >= 0.3 is 0 Å². The first-order valence-electron chi connectivity index (χ1n) is 4.13. The van der Waals surface area contributed by atoms with E-state index in [2.05, 4.69) is 28.5 Å². The zero-order valence-electron chi connectivity index (χ0n) is 8.05. The predicted octanol–water partition coefficient (Wildman–Crippen LogP) is 1.37. The number of rotatable bonds is 2. The standard InChI is InChI=1S/C9H15N3/c1-6-5-9(7(2)10-4)8(3)12-11-6/h5,7,10H,1-4H3. The molecular weight excluding hydrogens is 150 g/mol. The van der Waals surface area contributed by atoms with Crippen molar-refractivity contribution in [2.45, 2.75) is 26.8 Å². The molecule has 1 heterocycles. The lowest BCUT2D eigenvalue weighted by Crippen LogP contribution is -2.14. The van der Waals surface area contributed by atoms with Gasteiger partial charge in [0, 0.05) is 6.04 Å². The lowest BCUT2D eigenvalue weighted by molar-refractivity contribution is 0.638. The molecule has 0 radical (unpaired) electrons. The van der Waals surface area contributed by atoms with E-state index in [0.717, 1.165) is 11.4 Å². The molecule has 0 aliphatic heterocycles. The van der Waals surface area contributed by atoms with Crippen LogP contribution in [0.2, 0.25) is 0 Å². The predicted molar refractivity (Wildman–Crippen MR) is 49.0 cm³/mol. The minimum absolute atomic E-state index is 0.346. The Morgan fingerprint density at radius 2 is 2.00 bits per heavy atom. The van der Waals surface area contributed by atoms with Crippen LogP contribution >= 0.6 is 0 Å². The van der Waals surface area contributed by atoms with Crippen molar-refractivity contribution in [3.05, 3.63) is 23.0 Å². The van der Waals surface area contributed by atoms with E-state index in [-0.39, 0.29) is 0 Å². The molecule has 1 N–H and O–H groups in total. The van der Waals surface area contributed by atoms with Gasteiger partial charge in [-0.1, -0.05) is 0 Å². The van der Waals surface area contributed by atoms with E-state index >= 15 is 0 Å². The number of aromatic nitrogens is 2. The van der Waals surface area contributed by atoms with Crippen molar-refractivity contribution in [3.63, 3.8) is 0 Å². The Morgan fingerprint density at radius 1 is 1.33 bits per heavy atom. The normalized spacial score (nSPS) is 13.0. The number of nitrogens with zero attached hydrogens (tertiary/aromatic N) is 2. The van der Waals surface area contributed by atoms with E-state index in [1.807, 2.05) is 20.9 Å². The van der Waals surface area contributed by atoms with Gasteiger partial charge < -0.3 is 5.32 Å². The molecule has 0 amide bonds. The van der Waals surface area contributed by atoms with E-state index < -0.39 is 0 Å². The molecule has 1 rings (SSSR count). The largest absolute Gasteiger partial charge is 0.313 e. The first kappa shape index (κ1) is 9.13. The highest BCUT2D eigenvalue weighted by Gasteiger charge is 2.07. The summed E-state index contributed by atoms with van der Waals surface area (Å²) < 4.78 is 0. The molecule has 1 unspecified atom stereocenters. The molecule has 0 spiro atoms. The number of nitrogens with one attached hydrogen (secondary N) is 1. The van der Waals surface area contributed by atoms with Gasteiger partial charge in [-0.3, -0.25) is 0 Å². The summed E-state index contributed by atoms with van der Waals surface area (Å²) in [6.07, 6.45) is 0. The van der Waals surface area contributed by atoms with Gasteiger partial charge in [-0.05, 0) is 39.4 Å². The zero-order valence-corrected chi connectivity index (χ0v) is 8.05. The summed E-state index contributed by atoms with van der Waals surface area (Å²) in [4.78, 5) is 0. The van der Waals surface area contributed by atoms with Crippen molar-refractivity contribution in [2.24, 2.45) is 0 Å². The molecule has 12 heavy (non-hydrogen) atoms. The summed E-state index contributed by atoms with van der Waals surface area (Å²) in [5, 5.41) is 11.2. The Hall–Kier alpha value is -0.960. The highest BCUT2D eigenvalue weighted by Crippen LogP contribution is 2.14. The highest BCUT2D eigenvalue weighted by molar-refractivity contribution is 5.22. The van der Waals surface area contributed by atoms with Crippen molar-refractivity contribution < 1.29 is 0 Å². The van der Waals surface area contributed by atoms with Crippen LogP contribution in [0.1, 0.15) is 29.9 Å². The summed E-state index contributed by atoms with van der Waals surface area (Å²) >= 11 is 0. The van der Waals surface area contributed by atoms with Gasteiger partial charge in [0.05, 0.1) is 11.4 Å². The summed E-state index contributed by atoms with van der Waals surface area (Å²) in [5.74, 6) is 0. The average molecular weight is 165 g/mol. The fourth-order valence-electron chi connectivity index (χ4n) is 1.16. The van der Waals surface area contributed by atoms with E-state index in [1.165, 1.54) is 5.56 Å². The smallest absolute Gasteiger partial charge is 0.0648 e. The summed E-state index contributed by atoms with van der Waals surface area (Å²) in [7, 11) is 1.94. The lowest BCUT2D eigenvalue weighted by atomic mass is 10.1. The van der Waals surface area contributed by atoms with Crippen LogP contribution in [0, 0.1) is 13.8 Å². The van der Waals surface area contributed by atoms with Crippen LogP contribution in [0.5, 0.6) is 0 Å². The number of aryl methyl sites for hydroxylation is 2. The van der Waals surface area contributed by atoms with Crippen molar-refractivity contribution in [1.82, 2.24) is 15.5 Å². The SMILES string of the molecule is CNC(C)c1cc(C)nnc1C. The van der Waals surface area contributed by atoms with E-state index in [4.69, 9.17) is 0 Å². The fraction of sp³-hybridized carbons (Fsp3) is 0.556. The minimum atomic E-state index is 0.346. The first-order chi connectivity index (χ1) is 5.65. The molecule has 0 aliphatic carbocycles. The van der Waals surface area contributed by atoms with Crippen molar-refractivity contribution in [1.29, 1.82) is 0 Å². The minimum Gasteiger partial charge on any atom is -0.313 e. The van der Waals surface area contributed by atoms with E-state index in [1.54, 1.807) is 0 Å². The third-order valence-electron chi connectivity index (χ3n) is 2.04. The second kappa shape index (κ2) is 3.63. The van der Waals surface area contributed by atoms with Crippen molar-refractivity contribution >= 4 is 0 Å². The molecule has 0 aromatic carbocycles. The Balaban J connectivity index is 3.04. The van der Waals surface area contributed by atoms with Gasteiger partial charge in [0.2, 0.25) is 0 Å². The number of hydrogen-bond acceptors (Lipinski definition) is 3. The highest BCUT2D eigenvalue weighted by atomic mass is 15.1. The molecule has 0 saturated heterocycles. The van der Waals surface area contributed by atoms with Crippen LogP contribution in [0.15, 0.2) is 6.07 Å². The lowest BCUT2D eigenvalue weighted by Gasteiger charge is -2.12. The Labute approximate surface area is 73.2 Å². The van der Waals surface area contributed by atoms with Crippen LogP contribution in [-0.4, -0.2) is 17.2 Å². The van der Waals surface area contributed by atoms with Gasteiger partial charge in [0.25, 0.3) is 0 Å². The molecular formula is C9H15N3. The third-order valence-corrected chi connectivity index (χ3v) is 2.04. The van der Waals surface area contributed by atoms with Gasteiger partial charge in [0.1, 0.15) is 0 Å². The molecule has 0 aliphatic rings. The van der Waals surface area contributed by atoms with Gasteiger partial charge in [-0.25, -0.2) is 0 Å². The van der Waals surface area contributed by atoms with Gasteiger partial charge in [-0.2, -0.15) is 10.2 Å². The maximum atomic E-state index is 4.06. The number of hydrogen-bond donors (Lipinski definition) is 1. The monoisotopic (exact) mass is 165 g/mol. The molecule has 0 bridgehead atoms. The molecule has 66 valence electrons. The molecule has 1 atom stereocenters. The maximum Gasteiger partial charge on any atom is 0.0648 e. The second-order valence-electron chi connectivity index (χ2n) is 3.04. The van der Waals surface area contributed by atoms with Gasteiger partial charge in [-0.15, -0.1) is 0 Å². The first-order valence-corrected chi connectivity index (χ1v) is 4.13. The molecule has 3 heteroatoms. The average Bonchev–Trinajstić information content (AvgIpc) is 2.08. The van der Waals surface area contributed by atoms with Crippen LogP contribution in [0.25, 0.3) is 0 Å². The van der Waals surface area contributed by atoms with Crippen LogP contribution in [0.4, 0.5) is 0 Å². The quantitative estimate of drug-likeness (QED) is 0.719. The summed E-state index contributed by atoms with van der Waals surface area (Å²) in [6, 6.07) is 2.42. The molecule has 1 aromatic rings. The molecule has 0 saturated carbocycles. The Morgan fingerprint density at radius 3 is 2.58 bits per heavy atom. The summed E-state index contributed by atoms with van der Waals surface area (Å²) in [5.41, 5.74) is 3.20. The fourth-order valence-corrected chi connectivity index (χ4v) is 1.16. The summed E-state index contributed by atoms with van der Waals surface area (Å²) in [6.45, 7) is 6.05.